The van der Waals surface area contributed by atoms with Gasteiger partial charge in [0.1, 0.15) is 0 Å². The van der Waals surface area contributed by atoms with Crippen LogP contribution < -0.4 is 4.89 Å². The zero-order chi connectivity index (χ0) is 12.9. The lowest BCUT2D eigenvalue weighted by Gasteiger charge is -2.07. The van der Waals surface area contributed by atoms with Crippen LogP contribution in [0.3, 0.4) is 0 Å². The van der Waals surface area contributed by atoms with E-state index in [9.17, 15) is 8.42 Å². The standard InChI is InChI=1S/C9H11Cl2NO4S/c1-15-2-3-16-12-17(13,14)9-5-7(10)4-8(11)6-9/h4-6,12H,2-3H2,1H3. The maximum atomic E-state index is 11.7. The second kappa shape index (κ2) is 6.53. The largest absolute Gasteiger partial charge is 0.382 e. The minimum Gasteiger partial charge on any atom is -0.382 e. The van der Waals surface area contributed by atoms with Gasteiger partial charge in [0.2, 0.25) is 0 Å². The van der Waals surface area contributed by atoms with E-state index in [1.807, 2.05) is 4.89 Å². The fourth-order valence-corrected chi connectivity index (χ4v) is 2.53. The van der Waals surface area contributed by atoms with Crippen molar-refractivity contribution in [2.24, 2.45) is 0 Å². The molecule has 96 valence electrons. The van der Waals surface area contributed by atoms with Crippen molar-refractivity contribution < 1.29 is 18.0 Å². The summed E-state index contributed by atoms with van der Waals surface area (Å²) in [6.07, 6.45) is 0. The Kier molecular flexibility index (Phi) is 5.64. The third kappa shape index (κ3) is 4.79. The predicted octanol–water partition coefficient (Wildman–Crippen LogP) is 1.85. The minimum atomic E-state index is -3.78. The average Bonchev–Trinajstić information content (AvgIpc) is 2.23. The van der Waals surface area contributed by atoms with Gasteiger partial charge in [0.25, 0.3) is 10.0 Å². The summed E-state index contributed by atoms with van der Waals surface area (Å²) >= 11 is 11.4. The summed E-state index contributed by atoms with van der Waals surface area (Å²) in [6, 6.07) is 3.98. The van der Waals surface area contributed by atoms with E-state index in [1.165, 1.54) is 25.3 Å². The van der Waals surface area contributed by atoms with Crippen LogP contribution in [0.25, 0.3) is 0 Å². The van der Waals surface area contributed by atoms with E-state index in [1.54, 1.807) is 0 Å². The highest BCUT2D eigenvalue weighted by Gasteiger charge is 2.15. The topological polar surface area (TPSA) is 64.6 Å². The average molecular weight is 300 g/mol. The lowest BCUT2D eigenvalue weighted by Crippen LogP contribution is -2.25. The molecule has 1 N–H and O–H groups in total. The summed E-state index contributed by atoms with van der Waals surface area (Å²) in [5.74, 6) is 0. The Labute approximate surface area is 110 Å². The second-order valence-corrected chi connectivity index (χ2v) is 5.55. The molecule has 0 aromatic heterocycles. The first-order valence-electron chi connectivity index (χ1n) is 4.54. The fourth-order valence-electron chi connectivity index (χ4n) is 0.976. The molecule has 17 heavy (non-hydrogen) atoms. The van der Waals surface area contributed by atoms with Gasteiger partial charge < -0.3 is 4.74 Å². The van der Waals surface area contributed by atoms with Gasteiger partial charge in [0.05, 0.1) is 18.1 Å². The van der Waals surface area contributed by atoms with Crippen LogP contribution in [0.4, 0.5) is 0 Å². The van der Waals surface area contributed by atoms with E-state index in [0.29, 0.717) is 0 Å². The molecule has 1 aromatic rings. The molecule has 0 aliphatic rings. The maximum absolute atomic E-state index is 11.7. The van der Waals surface area contributed by atoms with Gasteiger partial charge in [-0.1, -0.05) is 28.1 Å². The lowest BCUT2D eigenvalue weighted by molar-refractivity contribution is 0.0438. The van der Waals surface area contributed by atoms with Crippen LogP contribution in [-0.4, -0.2) is 28.7 Å². The third-order valence-electron chi connectivity index (χ3n) is 1.70. The zero-order valence-corrected chi connectivity index (χ0v) is 11.3. The Morgan fingerprint density at radius 1 is 1.18 bits per heavy atom. The van der Waals surface area contributed by atoms with Crippen LogP contribution in [-0.2, 0) is 19.6 Å². The van der Waals surface area contributed by atoms with Gasteiger partial charge in [-0.15, -0.1) is 0 Å². The molecular formula is C9H11Cl2NO4S. The van der Waals surface area contributed by atoms with E-state index < -0.39 is 10.0 Å². The van der Waals surface area contributed by atoms with Gasteiger partial charge in [0, 0.05) is 17.2 Å². The monoisotopic (exact) mass is 299 g/mol. The first kappa shape index (κ1) is 14.7. The Hall–Kier alpha value is -0.370. The van der Waals surface area contributed by atoms with Crippen LogP contribution in [0.15, 0.2) is 23.1 Å². The van der Waals surface area contributed by atoms with Gasteiger partial charge in [-0.3, -0.25) is 4.84 Å². The summed E-state index contributed by atoms with van der Waals surface area (Å²) in [6.45, 7) is 0.378. The predicted molar refractivity (Wildman–Crippen MR) is 64.6 cm³/mol. The molecule has 0 bridgehead atoms. The SMILES string of the molecule is COCCONS(=O)(=O)c1cc(Cl)cc(Cl)c1. The number of nitrogens with one attached hydrogen (secondary N) is 1. The summed E-state index contributed by atoms with van der Waals surface area (Å²) in [4.78, 5) is 6.60. The molecule has 0 atom stereocenters. The summed E-state index contributed by atoms with van der Waals surface area (Å²) in [5, 5.41) is 0.463. The Morgan fingerprint density at radius 2 is 1.76 bits per heavy atom. The highest BCUT2D eigenvalue weighted by Crippen LogP contribution is 2.22. The van der Waals surface area contributed by atoms with Crippen molar-refractivity contribution in [3.63, 3.8) is 0 Å². The normalized spacial score (nSPS) is 11.7. The quantitative estimate of drug-likeness (QED) is 0.643. The van der Waals surface area contributed by atoms with Gasteiger partial charge in [-0.2, -0.15) is 0 Å². The van der Waals surface area contributed by atoms with Gasteiger partial charge in [-0.05, 0) is 18.2 Å². The first-order valence-corrected chi connectivity index (χ1v) is 6.78. The van der Waals surface area contributed by atoms with E-state index >= 15 is 0 Å². The molecule has 0 aliphatic carbocycles. The van der Waals surface area contributed by atoms with Crippen LogP contribution in [0, 0.1) is 0 Å². The maximum Gasteiger partial charge on any atom is 0.262 e. The first-order chi connectivity index (χ1) is 7.95. The van der Waals surface area contributed by atoms with Crippen molar-refractivity contribution in [3.8, 4) is 0 Å². The van der Waals surface area contributed by atoms with Crippen molar-refractivity contribution in [2.75, 3.05) is 20.3 Å². The highest BCUT2D eigenvalue weighted by atomic mass is 35.5. The van der Waals surface area contributed by atoms with E-state index in [2.05, 4.69) is 0 Å². The van der Waals surface area contributed by atoms with Crippen molar-refractivity contribution in [3.05, 3.63) is 28.2 Å². The van der Waals surface area contributed by atoms with E-state index in [-0.39, 0.29) is 28.2 Å². The van der Waals surface area contributed by atoms with E-state index in [4.69, 9.17) is 32.8 Å². The molecule has 0 amide bonds. The molecule has 0 saturated heterocycles. The van der Waals surface area contributed by atoms with Crippen molar-refractivity contribution in [1.29, 1.82) is 0 Å². The molecule has 8 heteroatoms. The summed E-state index contributed by atoms with van der Waals surface area (Å²) in [7, 11) is -2.30. The molecule has 0 radical (unpaired) electrons. The fraction of sp³-hybridized carbons (Fsp3) is 0.333. The smallest absolute Gasteiger partial charge is 0.262 e. The van der Waals surface area contributed by atoms with Gasteiger partial charge in [-0.25, -0.2) is 8.42 Å². The molecule has 0 fully saturated rings. The van der Waals surface area contributed by atoms with Crippen molar-refractivity contribution in [1.82, 2.24) is 4.89 Å². The molecule has 0 spiro atoms. The lowest BCUT2D eigenvalue weighted by atomic mass is 10.4. The molecule has 0 aliphatic heterocycles. The van der Waals surface area contributed by atoms with Crippen LogP contribution in [0.2, 0.25) is 10.0 Å². The number of sulfonamides is 1. The molecule has 0 saturated carbocycles. The van der Waals surface area contributed by atoms with Crippen LogP contribution in [0.5, 0.6) is 0 Å². The number of methoxy groups -OCH3 is 1. The van der Waals surface area contributed by atoms with Gasteiger partial charge in [0.15, 0.2) is 0 Å². The second-order valence-electron chi connectivity index (χ2n) is 3.03. The minimum absolute atomic E-state index is 0.0626. The van der Waals surface area contributed by atoms with Gasteiger partial charge >= 0.3 is 0 Å². The van der Waals surface area contributed by atoms with Crippen LogP contribution in [0.1, 0.15) is 0 Å². The third-order valence-corrected chi connectivity index (χ3v) is 3.33. The zero-order valence-electron chi connectivity index (χ0n) is 8.94. The molecule has 1 aromatic carbocycles. The number of halogens is 2. The molecule has 0 heterocycles. The Balaban J connectivity index is 2.75. The van der Waals surface area contributed by atoms with Crippen molar-refractivity contribution >= 4 is 33.2 Å². The number of hydrogen-bond donors (Lipinski definition) is 1. The van der Waals surface area contributed by atoms with E-state index in [0.717, 1.165) is 0 Å². The number of benzene rings is 1. The summed E-state index contributed by atoms with van der Waals surface area (Å²) in [5.41, 5.74) is 0. The Bertz CT molecular complexity index is 458. The highest BCUT2D eigenvalue weighted by molar-refractivity contribution is 7.89. The number of rotatable bonds is 6. The molecular weight excluding hydrogens is 289 g/mol. The van der Waals surface area contributed by atoms with Crippen molar-refractivity contribution in [2.45, 2.75) is 4.90 Å². The molecule has 0 unspecified atom stereocenters. The molecule has 5 nitrogen and oxygen atoms in total. The molecule has 1 rings (SSSR count). The number of hydrogen-bond acceptors (Lipinski definition) is 4. The Morgan fingerprint density at radius 3 is 2.29 bits per heavy atom. The number of ether oxygens (including phenoxy) is 1. The van der Waals surface area contributed by atoms with Crippen LogP contribution >= 0.6 is 23.2 Å². The summed E-state index contributed by atoms with van der Waals surface area (Å²) < 4.78 is 28.1.